The van der Waals surface area contributed by atoms with Crippen LogP contribution in [0.15, 0.2) is 48.9 Å². The van der Waals surface area contributed by atoms with E-state index in [-0.39, 0.29) is 24.3 Å². The Morgan fingerprint density at radius 2 is 1.97 bits per heavy atom. The Hall–Kier alpha value is -3.43. The standard InChI is InChI=1S/C20H19F3N6O/c1-12-8-25-14(9-24-12)10-26-19(30)15-11-27-29-17(20(21,22)23)7-16(28-18(15)29)13-5-3-2-4-6-13/h2-6,8-9,11,16-17,28H,7,10H2,1H3,(H,26,30). The van der Waals surface area contributed by atoms with E-state index in [1.165, 1.54) is 6.20 Å². The number of carbonyl (C=O) groups excluding carboxylic acids is 1. The predicted octanol–water partition coefficient (Wildman–Crippen LogP) is 3.57. The molecule has 156 valence electrons. The second kappa shape index (κ2) is 7.77. The van der Waals surface area contributed by atoms with Crippen LogP contribution in [0.5, 0.6) is 0 Å². The molecule has 0 radical (unpaired) electrons. The summed E-state index contributed by atoms with van der Waals surface area (Å²) in [5.74, 6) is -0.495. The Morgan fingerprint density at radius 3 is 2.63 bits per heavy atom. The Labute approximate surface area is 170 Å². The van der Waals surface area contributed by atoms with Gasteiger partial charge in [0.15, 0.2) is 6.04 Å². The van der Waals surface area contributed by atoms with Gasteiger partial charge < -0.3 is 10.6 Å². The molecule has 0 aliphatic carbocycles. The molecule has 1 aromatic carbocycles. The van der Waals surface area contributed by atoms with E-state index < -0.39 is 24.2 Å². The third-order valence-electron chi connectivity index (χ3n) is 4.95. The molecular weight excluding hydrogens is 397 g/mol. The van der Waals surface area contributed by atoms with Gasteiger partial charge in [-0.1, -0.05) is 30.3 Å². The SMILES string of the molecule is Cc1cnc(CNC(=O)c2cnn3c2NC(c2ccccc2)CC3C(F)(F)F)cn1. The number of carbonyl (C=O) groups is 1. The van der Waals surface area contributed by atoms with Crippen molar-refractivity contribution >= 4 is 11.7 Å². The van der Waals surface area contributed by atoms with Crippen LogP contribution in [0.25, 0.3) is 0 Å². The van der Waals surface area contributed by atoms with Crippen molar-refractivity contribution in [2.45, 2.75) is 38.1 Å². The number of nitrogens with zero attached hydrogens (tertiary/aromatic N) is 4. The first kappa shape index (κ1) is 19.9. The lowest BCUT2D eigenvalue weighted by Crippen LogP contribution is -2.36. The summed E-state index contributed by atoms with van der Waals surface area (Å²) in [6, 6.07) is 6.41. The fraction of sp³-hybridized carbons (Fsp3) is 0.300. The van der Waals surface area contributed by atoms with E-state index in [0.717, 1.165) is 16.6 Å². The number of alkyl halides is 3. The molecule has 3 aromatic rings. The zero-order valence-electron chi connectivity index (χ0n) is 16.0. The Bertz CT molecular complexity index is 1030. The van der Waals surface area contributed by atoms with E-state index >= 15 is 0 Å². The number of hydrogen-bond acceptors (Lipinski definition) is 5. The van der Waals surface area contributed by atoms with Crippen LogP contribution in [0.1, 0.15) is 45.8 Å². The third-order valence-corrected chi connectivity index (χ3v) is 4.95. The Balaban J connectivity index is 1.60. The van der Waals surface area contributed by atoms with Crippen molar-refractivity contribution in [1.29, 1.82) is 0 Å². The minimum absolute atomic E-state index is 0.0462. The number of hydrogen-bond donors (Lipinski definition) is 2. The molecular formula is C20H19F3N6O. The van der Waals surface area contributed by atoms with E-state index in [2.05, 4.69) is 25.7 Å². The van der Waals surface area contributed by atoms with Crippen LogP contribution in [0, 0.1) is 6.92 Å². The molecule has 1 aliphatic rings. The average molecular weight is 416 g/mol. The van der Waals surface area contributed by atoms with Crippen molar-refractivity contribution in [2.75, 3.05) is 5.32 Å². The van der Waals surface area contributed by atoms with Crippen LogP contribution in [-0.4, -0.2) is 31.8 Å². The van der Waals surface area contributed by atoms with Crippen LogP contribution in [0.3, 0.4) is 0 Å². The smallest absolute Gasteiger partial charge is 0.363 e. The van der Waals surface area contributed by atoms with E-state index in [0.29, 0.717) is 11.3 Å². The number of rotatable bonds is 4. The Morgan fingerprint density at radius 1 is 1.20 bits per heavy atom. The summed E-state index contributed by atoms with van der Waals surface area (Å²) >= 11 is 0. The van der Waals surface area contributed by atoms with Crippen LogP contribution < -0.4 is 10.6 Å². The van der Waals surface area contributed by atoms with Gasteiger partial charge in [-0.25, -0.2) is 4.68 Å². The lowest BCUT2D eigenvalue weighted by Gasteiger charge is -2.34. The van der Waals surface area contributed by atoms with Gasteiger partial charge in [0, 0.05) is 12.6 Å². The molecule has 7 nitrogen and oxygen atoms in total. The van der Waals surface area contributed by atoms with Gasteiger partial charge in [0.05, 0.1) is 36.4 Å². The van der Waals surface area contributed by atoms with Crippen molar-refractivity contribution < 1.29 is 18.0 Å². The molecule has 0 fully saturated rings. The van der Waals surface area contributed by atoms with Crippen molar-refractivity contribution in [2.24, 2.45) is 0 Å². The van der Waals surface area contributed by atoms with Gasteiger partial charge in [-0.3, -0.25) is 14.8 Å². The molecule has 2 aromatic heterocycles. The summed E-state index contributed by atoms with van der Waals surface area (Å²) in [4.78, 5) is 20.9. The molecule has 0 bridgehead atoms. The van der Waals surface area contributed by atoms with Crippen molar-refractivity contribution in [3.63, 3.8) is 0 Å². The minimum Gasteiger partial charge on any atom is -0.363 e. The lowest BCUT2D eigenvalue weighted by molar-refractivity contribution is -0.173. The maximum Gasteiger partial charge on any atom is 0.410 e. The lowest BCUT2D eigenvalue weighted by atomic mass is 9.96. The van der Waals surface area contributed by atoms with Gasteiger partial charge in [0.25, 0.3) is 5.91 Å². The fourth-order valence-electron chi connectivity index (χ4n) is 3.41. The van der Waals surface area contributed by atoms with Crippen LogP contribution in [-0.2, 0) is 6.54 Å². The van der Waals surface area contributed by atoms with Gasteiger partial charge in [0.1, 0.15) is 11.4 Å². The number of aromatic nitrogens is 4. The highest BCUT2D eigenvalue weighted by Crippen LogP contribution is 2.44. The van der Waals surface area contributed by atoms with Crippen molar-refractivity contribution in [3.05, 3.63) is 71.4 Å². The second-order valence-corrected chi connectivity index (χ2v) is 7.08. The Kier molecular flexibility index (Phi) is 5.15. The minimum atomic E-state index is -4.50. The highest BCUT2D eigenvalue weighted by Gasteiger charge is 2.47. The molecule has 10 heteroatoms. The van der Waals surface area contributed by atoms with Gasteiger partial charge >= 0.3 is 6.18 Å². The molecule has 1 amide bonds. The van der Waals surface area contributed by atoms with Gasteiger partial charge in [-0.05, 0) is 12.5 Å². The van der Waals surface area contributed by atoms with Crippen LogP contribution >= 0.6 is 0 Å². The summed E-state index contributed by atoms with van der Waals surface area (Å²) in [5, 5.41) is 9.59. The molecule has 2 N–H and O–H groups in total. The molecule has 30 heavy (non-hydrogen) atoms. The molecule has 0 saturated carbocycles. The number of aryl methyl sites for hydroxylation is 1. The normalized spacial score (nSPS) is 18.4. The maximum atomic E-state index is 13.7. The zero-order chi connectivity index (χ0) is 21.3. The summed E-state index contributed by atoms with van der Waals surface area (Å²) in [6.07, 6.45) is -0.455. The number of halogens is 3. The van der Waals surface area contributed by atoms with E-state index in [4.69, 9.17) is 0 Å². The highest BCUT2D eigenvalue weighted by atomic mass is 19.4. The van der Waals surface area contributed by atoms with E-state index in [9.17, 15) is 18.0 Å². The molecule has 1 aliphatic heterocycles. The number of benzene rings is 1. The zero-order valence-corrected chi connectivity index (χ0v) is 16.0. The predicted molar refractivity (Wildman–Crippen MR) is 103 cm³/mol. The van der Waals surface area contributed by atoms with E-state index in [1.54, 1.807) is 43.5 Å². The first-order chi connectivity index (χ1) is 14.3. The van der Waals surface area contributed by atoms with Crippen molar-refractivity contribution in [1.82, 2.24) is 25.1 Å². The largest absolute Gasteiger partial charge is 0.410 e. The first-order valence-corrected chi connectivity index (χ1v) is 9.34. The van der Waals surface area contributed by atoms with Gasteiger partial charge in [-0.2, -0.15) is 18.3 Å². The quantitative estimate of drug-likeness (QED) is 0.679. The molecule has 0 saturated heterocycles. The maximum absolute atomic E-state index is 13.7. The summed E-state index contributed by atoms with van der Waals surface area (Å²) < 4.78 is 42.0. The molecule has 0 spiro atoms. The van der Waals surface area contributed by atoms with Gasteiger partial charge in [-0.15, -0.1) is 0 Å². The number of fused-ring (bicyclic) bond motifs is 1. The second-order valence-electron chi connectivity index (χ2n) is 7.08. The van der Waals surface area contributed by atoms with Gasteiger partial charge in [0.2, 0.25) is 0 Å². The third kappa shape index (κ3) is 3.98. The van der Waals surface area contributed by atoms with Crippen LogP contribution in [0.4, 0.5) is 19.0 Å². The van der Waals surface area contributed by atoms with E-state index in [1.807, 2.05) is 0 Å². The molecule has 4 rings (SSSR count). The van der Waals surface area contributed by atoms with Crippen molar-refractivity contribution in [3.8, 4) is 0 Å². The number of anilines is 1. The summed E-state index contributed by atoms with van der Waals surface area (Å²) in [6.45, 7) is 1.89. The molecule has 3 heterocycles. The average Bonchev–Trinajstić information content (AvgIpc) is 3.16. The summed E-state index contributed by atoms with van der Waals surface area (Å²) in [5.41, 5.74) is 2.04. The molecule has 2 unspecified atom stereocenters. The topological polar surface area (TPSA) is 84.7 Å². The van der Waals surface area contributed by atoms with Crippen LogP contribution in [0.2, 0.25) is 0 Å². The highest BCUT2D eigenvalue weighted by molar-refractivity contribution is 5.98. The first-order valence-electron chi connectivity index (χ1n) is 9.34. The summed E-state index contributed by atoms with van der Waals surface area (Å²) in [7, 11) is 0. The molecule has 2 atom stereocenters. The monoisotopic (exact) mass is 416 g/mol. The number of amides is 1. The fourth-order valence-corrected chi connectivity index (χ4v) is 3.41. The number of nitrogens with one attached hydrogen (secondary N) is 2.